The molecule has 1 N–H and O–H groups in total. The number of hydrogen-bond acceptors (Lipinski definition) is 5. The van der Waals surface area contributed by atoms with Crippen LogP contribution in [0.2, 0.25) is 0 Å². The Balaban J connectivity index is 1.50. The number of halogens is 2. The lowest BCUT2D eigenvalue weighted by Crippen LogP contribution is -2.23. The lowest BCUT2D eigenvalue weighted by molar-refractivity contribution is -0.118. The molecular weight excluding hydrogens is 588 g/mol. The second kappa shape index (κ2) is 11.2. The Kier molecular flexibility index (Phi) is 8.01. The first kappa shape index (κ1) is 25.8. The minimum Gasteiger partial charge on any atom is -0.483 e. The van der Waals surface area contributed by atoms with Gasteiger partial charge >= 0.3 is 0 Å². The smallest absolute Gasteiger partial charge is 0.282 e. The topological polar surface area (TPSA) is 85.6 Å². The number of carbonyl (C=O) groups excluding carboxylic acids is 1. The number of amides is 1. The van der Waals surface area contributed by atoms with E-state index < -0.39 is 0 Å². The summed E-state index contributed by atoms with van der Waals surface area (Å²) >= 11 is 6.90. The predicted molar refractivity (Wildman–Crippen MR) is 150 cm³/mol. The molecule has 1 amide bonds. The Labute approximate surface area is 225 Å². The molecule has 0 atom stereocenters. The molecule has 4 aromatic rings. The number of nitrogens with zero attached hydrogens (tertiary/aromatic N) is 3. The molecular formula is C27H24Br2N4O3. The maximum absolute atomic E-state index is 13.2. The third kappa shape index (κ3) is 6.09. The first-order valence-corrected chi connectivity index (χ1v) is 12.9. The number of ether oxygens (including phenoxy) is 1. The molecule has 36 heavy (non-hydrogen) atoms. The fourth-order valence-corrected chi connectivity index (χ4v) is 4.34. The molecule has 0 spiro atoms. The summed E-state index contributed by atoms with van der Waals surface area (Å²) in [5.41, 5.74) is 2.97. The zero-order chi connectivity index (χ0) is 25.8. The number of carbonyl (C=O) groups is 1. The third-order valence-electron chi connectivity index (χ3n) is 5.32. The van der Waals surface area contributed by atoms with Gasteiger partial charge < -0.3 is 10.1 Å². The van der Waals surface area contributed by atoms with Crippen molar-refractivity contribution in [3.05, 3.63) is 96.9 Å². The number of benzene rings is 3. The van der Waals surface area contributed by atoms with Gasteiger partial charge in [-0.1, -0.05) is 47.5 Å². The molecule has 0 bridgehead atoms. The average molecular weight is 612 g/mol. The van der Waals surface area contributed by atoms with Gasteiger partial charge in [0.1, 0.15) is 11.6 Å². The first-order valence-electron chi connectivity index (χ1n) is 11.3. The van der Waals surface area contributed by atoms with Crippen molar-refractivity contribution in [1.29, 1.82) is 0 Å². The highest BCUT2D eigenvalue weighted by Crippen LogP contribution is 2.26. The number of rotatable bonds is 7. The monoisotopic (exact) mass is 610 g/mol. The number of aryl methyl sites for hydroxylation is 1. The Bertz CT molecular complexity index is 1510. The zero-order valence-corrected chi connectivity index (χ0v) is 23.1. The van der Waals surface area contributed by atoms with Gasteiger partial charge in [0.25, 0.3) is 11.5 Å². The Morgan fingerprint density at radius 3 is 2.56 bits per heavy atom. The molecule has 0 saturated carbocycles. The third-order valence-corrected chi connectivity index (χ3v) is 6.44. The van der Waals surface area contributed by atoms with Crippen molar-refractivity contribution in [1.82, 2.24) is 9.66 Å². The summed E-state index contributed by atoms with van der Waals surface area (Å²) in [4.78, 5) is 30.1. The predicted octanol–water partition coefficient (Wildman–Crippen LogP) is 6.25. The van der Waals surface area contributed by atoms with Crippen molar-refractivity contribution in [3.63, 3.8) is 0 Å². The molecule has 0 radical (unpaired) electrons. The number of hydrogen-bond donors (Lipinski definition) is 1. The highest BCUT2D eigenvalue weighted by molar-refractivity contribution is 9.10. The largest absolute Gasteiger partial charge is 0.483 e. The quantitative estimate of drug-likeness (QED) is 0.250. The number of nitrogens with one attached hydrogen (secondary N) is 1. The summed E-state index contributed by atoms with van der Waals surface area (Å²) in [6.45, 7) is 5.79. The Morgan fingerprint density at radius 2 is 1.86 bits per heavy atom. The maximum Gasteiger partial charge on any atom is 0.282 e. The van der Waals surface area contributed by atoms with Crippen molar-refractivity contribution in [2.75, 3.05) is 11.9 Å². The molecule has 0 unspecified atom stereocenters. The molecule has 1 aromatic heterocycles. The summed E-state index contributed by atoms with van der Waals surface area (Å²) in [6.07, 6.45) is 1.59. The van der Waals surface area contributed by atoms with Crippen LogP contribution in [0, 0.1) is 6.92 Å². The fourth-order valence-electron chi connectivity index (χ4n) is 3.47. The average Bonchev–Trinajstić information content (AvgIpc) is 2.84. The number of aromatic nitrogens is 2. The summed E-state index contributed by atoms with van der Waals surface area (Å²) < 4.78 is 8.47. The van der Waals surface area contributed by atoms with Gasteiger partial charge in [0.2, 0.25) is 0 Å². The van der Waals surface area contributed by atoms with Crippen molar-refractivity contribution in [2.45, 2.75) is 26.7 Å². The van der Waals surface area contributed by atoms with Crippen LogP contribution < -0.4 is 15.6 Å². The van der Waals surface area contributed by atoms with Crippen LogP contribution in [0.3, 0.4) is 0 Å². The van der Waals surface area contributed by atoms with Gasteiger partial charge in [-0.25, -0.2) is 4.98 Å². The van der Waals surface area contributed by atoms with Crippen molar-refractivity contribution >= 4 is 60.6 Å². The van der Waals surface area contributed by atoms with Crippen LogP contribution in [-0.2, 0) is 4.79 Å². The fraction of sp³-hybridized carbons (Fsp3) is 0.185. The second-order valence-electron chi connectivity index (χ2n) is 8.54. The van der Waals surface area contributed by atoms with Crippen LogP contribution in [0.5, 0.6) is 5.75 Å². The SMILES string of the molecule is Cc1ccc(NC(=O)COc2ccc(C=Nn3c(C(C)C)nc4ccc(Br)cc4c3=O)cc2Br)cc1. The lowest BCUT2D eigenvalue weighted by atomic mass is 10.2. The van der Waals surface area contributed by atoms with Crippen molar-refractivity contribution in [2.24, 2.45) is 5.10 Å². The zero-order valence-electron chi connectivity index (χ0n) is 20.0. The van der Waals surface area contributed by atoms with E-state index in [1.54, 1.807) is 24.4 Å². The van der Waals surface area contributed by atoms with E-state index in [1.165, 1.54) is 4.68 Å². The molecule has 7 nitrogen and oxygen atoms in total. The van der Waals surface area contributed by atoms with Gasteiger partial charge in [0.15, 0.2) is 6.61 Å². The summed E-state index contributed by atoms with van der Waals surface area (Å²) in [7, 11) is 0. The van der Waals surface area contributed by atoms with E-state index in [0.29, 0.717) is 32.6 Å². The molecule has 1 heterocycles. The highest BCUT2D eigenvalue weighted by atomic mass is 79.9. The van der Waals surface area contributed by atoms with E-state index in [1.807, 2.05) is 63.2 Å². The molecule has 0 aliphatic carbocycles. The molecule has 3 aromatic carbocycles. The van der Waals surface area contributed by atoms with E-state index in [0.717, 1.165) is 15.6 Å². The van der Waals surface area contributed by atoms with Crippen molar-refractivity contribution in [3.8, 4) is 5.75 Å². The minimum absolute atomic E-state index is 0.00327. The second-order valence-corrected chi connectivity index (χ2v) is 10.3. The molecule has 0 saturated heterocycles. The molecule has 0 aliphatic rings. The van der Waals surface area contributed by atoms with Crippen LogP contribution >= 0.6 is 31.9 Å². The molecule has 9 heteroatoms. The van der Waals surface area contributed by atoms with Crippen LogP contribution in [0.15, 0.2) is 79.5 Å². The van der Waals surface area contributed by atoms with E-state index >= 15 is 0 Å². The number of fused-ring (bicyclic) bond motifs is 1. The van der Waals surface area contributed by atoms with Gasteiger partial charge in [0.05, 0.1) is 21.6 Å². The molecule has 0 fully saturated rings. The van der Waals surface area contributed by atoms with Gasteiger partial charge in [-0.3, -0.25) is 9.59 Å². The Morgan fingerprint density at radius 1 is 1.11 bits per heavy atom. The van der Waals surface area contributed by atoms with E-state index in [2.05, 4.69) is 47.3 Å². The van der Waals surface area contributed by atoms with E-state index in [4.69, 9.17) is 4.74 Å². The van der Waals surface area contributed by atoms with Gasteiger partial charge in [-0.2, -0.15) is 9.78 Å². The Hall–Kier alpha value is -3.30. The molecule has 184 valence electrons. The lowest BCUT2D eigenvalue weighted by Gasteiger charge is -2.12. The summed E-state index contributed by atoms with van der Waals surface area (Å²) in [6, 6.07) is 18.3. The van der Waals surface area contributed by atoms with Crippen LogP contribution in [0.25, 0.3) is 10.9 Å². The standard InChI is InChI=1S/C27H24Br2N4O3/c1-16(2)26-32-23-10-7-19(28)13-21(23)27(35)33(26)30-14-18-6-11-24(22(29)12-18)36-15-25(34)31-20-8-4-17(3)5-9-20/h4-14,16H,15H2,1-3H3,(H,31,34). The minimum atomic E-state index is -0.257. The molecule has 0 aliphatic heterocycles. The van der Waals surface area contributed by atoms with Gasteiger partial charge in [-0.05, 0) is 76.9 Å². The molecule has 4 rings (SSSR count). The normalized spacial score (nSPS) is 11.4. The van der Waals surface area contributed by atoms with Gasteiger partial charge in [0, 0.05) is 16.1 Å². The van der Waals surface area contributed by atoms with Gasteiger partial charge in [-0.15, -0.1) is 0 Å². The number of anilines is 1. The highest BCUT2D eigenvalue weighted by Gasteiger charge is 2.14. The van der Waals surface area contributed by atoms with E-state index in [9.17, 15) is 9.59 Å². The summed E-state index contributed by atoms with van der Waals surface area (Å²) in [5.74, 6) is 0.831. The van der Waals surface area contributed by atoms with Crippen LogP contribution in [-0.4, -0.2) is 28.4 Å². The van der Waals surface area contributed by atoms with E-state index in [-0.39, 0.29) is 24.0 Å². The maximum atomic E-state index is 13.2. The first-order chi connectivity index (χ1) is 17.2. The van der Waals surface area contributed by atoms with Crippen molar-refractivity contribution < 1.29 is 9.53 Å². The van der Waals surface area contributed by atoms with Crippen LogP contribution in [0.1, 0.15) is 36.7 Å². The van der Waals surface area contributed by atoms with Crippen LogP contribution in [0.4, 0.5) is 5.69 Å². The summed E-state index contributed by atoms with van der Waals surface area (Å²) in [5, 5.41) is 7.74.